The van der Waals surface area contributed by atoms with Gasteiger partial charge in [0.25, 0.3) is 5.69 Å². The minimum Gasteiger partial charge on any atom is -0.478 e. The number of carboxylic acid groups (broad SMARTS) is 1. The van der Waals surface area contributed by atoms with E-state index in [2.05, 4.69) is 0 Å². The Morgan fingerprint density at radius 1 is 1.45 bits per heavy atom. The molecule has 0 radical (unpaired) electrons. The quantitative estimate of drug-likeness (QED) is 0.610. The van der Waals surface area contributed by atoms with Gasteiger partial charge in [0.05, 0.1) is 21.8 Å². The Morgan fingerprint density at radius 3 is 2.45 bits per heavy atom. The van der Waals surface area contributed by atoms with Crippen LogP contribution in [0.25, 0.3) is 0 Å². The van der Waals surface area contributed by atoms with E-state index in [1.54, 1.807) is 25.7 Å². The zero-order valence-electron chi connectivity index (χ0n) is 11.7. The molecular formula is C13H18N2O5. The second kappa shape index (κ2) is 5.87. The van der Waals surface area contributed by atoms with Crippen LogP contribution in [0.1, 0.15) is 31.1 Å². The summed E-state index contributed by atoms with van der Waals surface area (Å²) in [7, 11) is 0. The number of nitrogens with zero attached hydrogens (tertiary/aromatic N) is 2. The topological polar surface area (TPSA) is 104 Å². The molecule has 0 aliphatic heterocycles. The number of carboxylic acids is 1. The molecule has 110 valence electrons. The molecule has 0 atom stereocenters. The standard InChI is InChI=1S/C13H18N2O5/c1-4-14(8-13(2,3)18)11-7-9(15(19)20)5-6-10(11)12(16)17/h5-7,18H,4,8H2,1-3H3,(H,16,17). The predicted molar refractivity (Wildman–Crippen MR) is 74.2 cm³/mol. The van der Waals surface area contributed by atoms with Gasteiger partial charge in [0.15, 0.2) is 0 Å². The van der Waals surface area contributed by atoms with Crippen molar-refractivity contribution >= 4 is 17.3 Å². The van der Waals surface area contributed by atoms with Crippen molar-refractivity contribution < 1.29 is 19.9 Å². The smallest absolute Gasteiger partial charge is 0.337 e. The van der Waals surface area contributed by atoms with Crippen LogP contribution in [-0.2, 0) is 0 Å². The lowest BCUT2D eigenvalue weighted by atomic mass is 10.1. The maximum absolute atomic E-state index is 11.2. The minimum absolute atomic E-state index is 0.0262. The van der Waals surface area contributed by atoms with E-state index in [0.717, 1.165) is 6.07 Å². The lowest BCUT2D eigenvalue weighted by Crippen LogP contribution is -2.39. The van der Waals surface area contributed by atoms with Gasteiger partial charge in [0.2, 0.25) is 0 Å². The van der Waals surface area contributed by atoms with Crippen LogP contribution in [0.3, 0.4) is 0 Å². The third kappa shape index (κ3) is 3.92. The number of carbonyl (C=O) groups is 1. The summed E-state index contributed by atoms with van der Waals surface area (Å²) >= 11 is 0. The fraction of sp³-hybridized carbons (Fsp3) is 0.462. The highest BCUT2D eigenvalue weighted by Crippen LogP contribution is 2.27. The number of nitro benzene ring substituents is 1. The van der Waals surface area contributed by atoms with Gasteiger partial charge in [-0.1, -0.05) is 0 Å². The van der Waals surface area contributed by atoms with Gasteiger partial charge in [0, 0.05) is 25.2 Å². The molecule has 0 aromatic heterocycles. The van der Waals surface area contributed by atoms with Gasteiger partial charge in [-0.05, 0) is 26.8 Å². The van der Waals surface area contributed by atoms with Crippen LogP contribution in [0.15, 0.2) is 18.2 Å². The first-order valence-corrected chi connectivity index (χ1v) is 6.14. The normalized spacial score (nSPS) is 11.2. The molecule has 0 unspecified atom stereocenters. The number of hydrogen-bond acceptors (Lipinski definition) is 5. The Labute approximate surface area is 116 Å². The molecule has 0 aliphatic carbocycles. The monoisotopic (exact) mass is 282 g/mol. The van der Waals surface area contributed by atoms with E-state index >= 15 is 0 Å². The zero-order chi connectivity index (χ0) is 15.5. The summed E-state index contributed by atoms with van der Waals surface area (Å²) in [6, 6.07) is 3.59. The summed E-state index contributed by atoms with van der Waals surface area (Å²) in [6.07, 6.45) is 0. The van der Waals surface area contributed by atoms with Gasteiger partial charge in [-0.25, -0.2) is 4.79 Å². The first-order valence-electron chi connectivity index (χ1n) is 6.14. The second-order valence-corrected chi connectivity index (χ2v) is 5.09. The molecule has 0 saturated carbocycles. The van der Waals surface area contributed by atoms with Crippen molar-refractivity contribution in [3.63, 3.8) is 0 Å². The van der Waals surface area contributed by atoms with Gasteiger partial charge >= 0.3 is 5.97 Å². The highest BCUT2D eigenvalue weighted by molar-refractivity contribution is 5.95. The summed E-state index contributed by atoms with van der Waals surface area (Å²) in [5, 5.41) is 29.9. The van der Waals surface area contributed by atoms with Crippen LogP contribution < -0.4 is 4.90 Å². The lowest BCUT2D eigenvalue weighted by molar-refractivity contribution is -0.384. The predicted octanol–water partition coefficient (Wildman–Crippen LogP) is 1.89. The van der Waals surface area contributed by atoms with E-state index in [9.17, 15) is 25.1 Å². The minimum atomic E-state index is -1.16. The van der Waals surface area contributed by atoms with Gasteiger partial charge < -0.3 is 15.1 Å². The van der Waals surface area contributed by atoms with Gasteiger partial charge in [-0.15, -0.1) is 0 Å². The lowest BCUT2D eigenvalue weighted by Gasteiger charge is -2.30. The van der Waals surface area contributed by atoms with Crippen LogP contribution in [-0.4, -0.2) is 39.8 Å². The van der Waals surface area contributed by atoms with E-state index in [-0.39, 0.29) is 23.5 Å². The average Bonchev–Trinajstić information content (AvgIpc) is 2.33. The van der Waals surface area contributed by atoms with Crippen molar-refractivity contribution in [1.29, 1.82) is 0 Å². The molecule has 0 aliphatic rings. The molecule has 1 aromatic carbocycles. The van der Waals surface area contributed by atoms with Crippen molar-refractivity contribution in [3.8, 4) is 0 Å². The number of aliphatic hydroxyl groups is 1. The Morgan fingerprint density at radius 2 is 2.05 bits per heavy atom. The molecule has 7 heteroatoms. The van der Waals surface area contributed by atoms with Crippen LogP contribution in [0.5, 0.6) is 0 Å². The van der Waals surface area contributed by atoms with Crippen LogP contribution in [0.4, 0.5) is 11.4 Å². The van der Waals surface area contributed by atoms with Crippen LogP contribution in [0, 0.1) is 10.1 Å². The van der Waals surface area contributed by atoms with E-state index < -0.39 is 16.5 Å². The second-order valence-electron chi connectivity index (χ2n) is 5.09. The van der Waals surface area contributed by atoms with Crippen molar-refractivity contribution in [2.75, 3.05) is 18.0 Å². The molecule has 20 heavy (non-hydrogen) atoms. The Kier molecular flexibility index (Phi) is 4.67. The van der Waals surface area contributed by atoms with Crippen molar-refractivity contribution in [2.45, 2.75) is 26.4 Å². The van der Waals surface area contributed by atoms with E-state index in [1.165, 1.54) is 12.1 Å². The molecule has 0 fully saturated rings. The molecule has 0 bridgehead atoms. The number of likely N-dealkylation sites (N-methyl/N-ethyl adjacent to an activating group) is 1. The molecule has 1 aromatic rings. The SMILES string of the molecule is CCN(CC(C)(C)O)c1cc([N+](=O)[O-])ccc1C(=O)O. The van der Waals surface area contributed by atoms with E-state index in [4.69, 9.17) is 0 Å². The van der Waals surface area contributed by atoms with Crippen molar-refractivity contribution in [3.05, 3.63) is 33.9 Å². The number of nitro groups is 1. The van der Waals surface area contributed by atoms with E-state index in [0.29, 0.717) is 6.54 Å². The van der Waals surface area contributed by atoms with Gasteiger partial charge in [-0.3, -0.25) is 10.1 Å². The summed E-state index contributed by atoms with van der Waals surface area (Å²) < 4.78 is 0. The molecule has 1 rings (SSSR count). The third-order valence-electron chi connectivity index (χ3n) is 2.72. The molecule has 2 N–H and O–H groups in total. The van der Waals surface area contributed by atoms with E-state index in [1.807, 2.05) is 0 Å². The van der Waals surface area contributed by atoms with Crippen molar-refractivity contribution in [1.82, 2.24) is 0 Å². The highest BCUT2D eigenvalue weighted by atomic mass is 16.6. The largest absolute Gasteiger partial charge is 0.478 e. The molecule has 7 nitrogen and oxygen atoms in total. The number of non-ortho nitro benzene ring substituents is 1. The first kappa shape index (κ1) is 15.9. The Hall–Kier alpha value is -2.15. The zero-order valence-corrected chi connectivity index (χ0v) is 11.7. The summed E-state index contributed by atoms with van der Waals surface area (Å²) in [6.45, 7) is 5.56. The summed E-state index contributed by atoms with van der Waals surface area (Å²) in [5.74, 6) is -1.16. The highest BCUT2D eigenvalue weighted by Gasteiger charge is 2.23. The maximum Gasteiger partial charge on any atom is 0.337 e. The number of benzene rings is 1. The molecule has 0 amide bonds. The van der Waals surface area contributed by atoms with Crippen LogP contribution >= 0.6 is 0 Å². The number of anilines is 1. The van der Waals surface area contributed by atoms with Gasteiger partial charge in [0.1, 0.15) is 0 Å². The summed E-state index contributed by atoms with van der Waals surface area (Å²) in [5.41, 5.74) is -1.02. The number of rotatable bonds is 6. The van der Waals surface area contributed by atoms with Crippen molar-refractivity contribution in [2.24, 2.45) is 0 Å². The average molecular weight is 282 g/mol. The molecule has 0 saturated heterocycles. The number of aromatic carboxylic acids is 1. The van der Waals surface area contributed by atoms with Crippen LogP contribution in [0.2, 0.25) is 0 Å². The maximum atomic E-state index is 11.2. The fourth-order valence-electron chi connectivity index (χ4n) is 1.91. The summed E-state index contributed by atoms with van der Waals surface area (Å²) in [4.78, 5) is 23.1. The Bertz CT molecular complexity index is 522. The molecular weight excluding hydrogens is 264 g/mol. The first-order chi connectivity index (χ1) is 9.15. The molecule has 0 heterocycles. The number of hydrogen-bond donors (Lipinski definition) is 2. The van der Waals surface area contributed by atoms with Gasteiger partial charge in [-0.2, -0.15) is 0 Å². The Balaban J connectivity index is 3.32. The fourth-order valence-corrected chi connectivity index (χ4v) is 1.91. The third-order valence-corrected chi connectivity index (χ3v) is 2.72. The molecule has 0 spiro atoms.